The molecule has 3 rings (SSSR count). The van der Waals surface area contributed by atoms with Crippen LogP contribution < -0.4 is 0 Å². The minimum Gasteiger partial charge on any atom is -0.275 e. The van der Waals surface area contributed by atoms with Crippen LogP contribution in [-0.4, -0.2) is 19.7 Å². The summed E-state index contributed by atoms with van der Waals surface area (Å²) in [6, 6.07) is 8.95. The highest BCUT2D eigenvalue weighted by molar-refractivity contribution is 6.38. The molecule has 0 atom stereocenters. The Balaban J connectivity index is 2.10. The largest absolute Gasteiger partial charge is 0.275 e. The fourth-order valence-corrected chi connectivity index (χ4v) is 2.64. The average molecular weight is 340 g/mol. The van der Waals surface area contributed by atoms with E-state index in [4.69, 9.17) is 34.8 Å². The van der Waals surface area contributed by atoms with Crippen molar-refractivity contribution in [3.63, 3.8) is 0 Å². The van der Waals surface area contributed by atoms with E-state index < -0.39 is 0 Å². The van der Waals surface area contributed by atoms with Crippen LogP contribution in [0.3, 0.4) is 0 Å². The van der Waals surface area contributed by atoms with Gasteiger partial charge in [-0.3, -0.25) is 4.68 Å². The van der Waals surface area contributed by atoms with Gasteiger partial charge in [0.15, 0.2) is 5.82 Å². The maximum atomic E-state index is 6.26. The molecular weight excluding hydrogens is 331 g/mol. The van der Waals surface area contributed by atoms with Crippen molar-refractivity contribution in [2.45, 2.75) is 0 Å². The molecule has 0 bridgehead atoms. The predicted octanol–water partition coefficient (Wildman–Crippen LogP) is 4.50. The first-order valence-corrected chi connectivity index (χ1v) is 7.17. The van der Waals surface area contributed by atoms with Crippen molar-refractivity contribution in [3.05, 3.63) is 51.9 Å². The second-order valence-electron chi connectivity index (χ2n) is 4.39. The third kappa shape index (κ3) is 2.88. The molecule has 0 aliphatic heterocycles. The number of hydrogen-bond acceptors (Lipinski definition) is 3. The molecule has 21 heavy (non-hydrogen) atoms. The van der Waals surface area contributed by atoms with Crippen LogP contribution in [0.5, 0.6) is 0 Å². The van der Waals surface area contributed by atoms with Crippen LogP contribution in [0.25, 0.3) is 22.6 Å². The zero-order valence-corrected chi connectivity index (χ0v) is 13.2. The number of aromatic nitrogens is 4. The van der Waals surface area contributed by atoms with Crippen molar-refractivity contribution < 1.29 is 0 Å². The molecular formula is C14H9Cl3N4. The summed E-state index contributed by atoms with van der Waals surface area (Å²) >= 11 is 18.4. The van der Waals surface area contributed by atoms with E-state index in [9.17, 15) is 0 Å². The van der Waals surface area contributed by atoms with Gasteiger partial charge in [0, 0.05) is 18.3 Å². The van der Waals surface area contributed by atoms with Gasteiger partial charge in [-0.05, 0) is 23.8 Å². The fourth-order valence-electron chi connectivity index (χ4n) is 1.91. The van der Waals surface area contributed by atoms with Crippen LogP contribution in [0.1, 0.15) is 0 Å². The second-order valence-corrected chi connectivity index (χ2v) is 5.54. The second kappa shape index (κ2) is 5.64. The monoisotopic (exact) mass is 338 g/mol. The molecule has 7 heteroatoms. The maximum absolute atomic E-state index is 6.26. The van der Waals surface area contributed by atoms with Gasteiger partial charge >= 0.3 is 0 Å². The minimum absolute atomic E-state index is 0.276. The molecule has 0 radical (unpaired) electrons. The van der Waals surface area contributed by atoms with Crippen LogP contribution in [0.4, 0.5) is 0 Å². The highest BCUT2D eigenvalue weighted by atomic mass is 35.5. The lowest BCUT2D eigenvalue weighted by Crippen LogP contribution is -1.96. The Bertz CT molecular complexity index is 773. The molecule has 4 nitrogen and oxygen atoms in total. The Hall–Kier alpha value is -1.62. The van der Waals surface area contributed by atoms with E-state index in [2.05, 4.69) is 15.1 Å². The molecule has 0 N–H and O–H groups in total. The van der Waals surface area contributed by atoms with E-state index in [0.29, 0.717) is 22.1 Å². The first-order valence-electron chi connectivity index (χ1n) is 6.03. The Labute approximate surface area is 136 Å². The van der Waals surface area contributed by atoms with E-state index in [0.717, 1.165) is 5.56 Å². The minimum atomic E-state index is 0.276. The average Bonchev–Trinajstić information content (AvgIpc) is 2.87. The predicted molar refractivity (Wildman–Crippen MR) is 84.7 cm³/mol. The molecule has 106 valence electrons. The zero-order chi connectivity index (χ0) is 15.0. The van der Waals surface area contributed by atoms with E-state index in [-0.39, 0.29) is 10.3 Å². The van der Waals surface area contributed by atoms with Crippen molar-refractivity contribution >= 4 is 34.8 Å². The van der Waals surface area contributed by atoms with Gasteiger partial charge < -0.3 is 0 Å². The number of nitrogens with zero attached hydrogens (tertiary/aromatic N) is 4. The summed E-state index contributed by atoms with van der Waals surface area (Å²) in [5, 5.41) is 5.42. The van der Waals surface area contributed by atoms with Gasteiger partial charge in [0.1, 0.15) is 16.0 Å². The number of rotatable bonds is 2. The Kier molecular flexibility index (Phi) is 3.85. The quantitative estimate of drug-likeness (QED) is 0.645. The molecule has 1 aromatic carbocycles. The van der Waals surface area contributed by atoms with Crippen LogP contribution >= 0.6 is 34.8 Å². The molecule has 2 heterocycles. The first-order chi connectivity index (χ1) is 10.0. The molecule has 0 aliphatic carbocycles. The van der Waals surface area contributed by atoms with Gasteiger partial charge in [-0.15, -0.1) is 0 Å². The molecule has 0 saturated carbocycles. The van der Waals surface area contributed by atoms with Gasteiger partial charge in [-0.25, -0.2) is 9.97 Å². The topological polar surface area (TPSA) is 43.6 Å². The molecule has 0 fully saturated rings. The Morgan fingerprint density at radius 1 is 0.905 bits per heavy atom. The van der Waals surface area contributed by atoms with Gasteiger partial charge in [0.05, 0.1) is 5.56 Å². The van der Waals surface area contributed by atoms with Gasteiger partial charge in [-0.2, -0.15) is 5.10 Å². The molecule has 0 amide bonds. The Morgan fingerprint density at radius 3 is 2.05 bits per heavy atom. The van der Waals surface area contributed by atoms with Crippen LogP contribution in [0.2, 0.25) is 15.3 Å². The standard InChI is InChI=1S/C14H9Cl3N4/c1-21-7-6-10(20-21)14-18-12(16)11(13(17)19-14)8-2-4-9(15)5-3-8/h2-7H,1H3. The third-order valence-electron chi connectivity index (χ3n) is 2.90. The Morgan fingerprint density at radius 2 is 1.52 bits per heavy atom. The van der Waals surface area contributed by atoms with Crippen molar-refractivity contribution in [2.75, 3.05) is 0 Å². The van der Waals surface area contributed by atoms with Crippen molar-refractivity contribution in [1.82, 2.24) is 19.7 Å². The van der Waals surface area contributed by atoms with Gasteiger partial charge in [-0.1, -0.05) is 46.9 Å². The summed E-state index contributed by atoms with van der Waals surface area (Å²) in [6.07, 6.45) is 1.80. The molecule has 2 aromatic heterocycles. The lowest BCUT2D eigenvalue weighted by atomic mass is 10.1. The molecule has 3 aromatic rings. The summed E-state index contributed by atoms with van der Waals surface area (Å²) in [4.78, 5) is 8.55. The van der Waals surface area contributed by atoms with Crippen LogP contribution in [0, 0.1) is 0 Å². The highest BCUT2D eigenvalue weighted by Gasteiger charge is 2.15. The van der Waals surface area contributed by atoms with Crippen molar-refractivity contribution in [1.29, 1.82) is 0 Å². The van der Waals surface area contributed by atoms with E-state index in [1.54, 1.807) is 29.1 Å². The lowest BCUT2D eigenvalue weighted by molar-refractivity contribution is 0.768. The van der Waals surface area contributed by atoms with Crippen LogP contribution in [-0.2, 0) is 7.05 Å². The summed E-state index contributed by atoms with van der Waals surface area (Å²) in [6.45, 7) is 0. The van der Waals surface area contributed by atoms with Crippen molar-refractivity contribution in [3.8, 4) is 22.6 Å². The number of hydrogen-bond donors (Lipinski definition) is 0. The van der Waals surface area contributed by atoms with Crippen molar-refractivity contribution in [2.24, 2.45) is 7.05 Å². The lowest BCUT2D eigenvalue weighted by Gasteiger charge is -2.07. The van der Waals surface area contributed by atoms with E-state index in [1.807, 2.05) is 19.2 Å². The smallest absolute Gasteiger partial charge is 0.182 e. The summed E-state index contributed by atoms with van der Waals surface area (Å²) in [5.41, 5.74) is 2.00. The first kappa shape index (κ1) is 14.3. The zero-order valence-electron chi connectivity index (χ0n) is 10.9. The normalized spacial score (nSPS) is 10.9. The fraction of sp³-hybridized carbons (Fsp3) is 0.0714. The maximum Gasteiger partial charge on any atom is 0.182 e. The molecule has 0 spiro atoms. The third-order valence-corrected chi connectivity index (χ3v) is 3.70. The summed E-state index contributed by atoms with van der Waals surface area (Å²) in [5.74, 6) is 0.392. The number of halogens is 3. The molecule has 0 unspecified atom stereocenters. The molecule has 0 aliphatic rings. The summed E-state index contributed by atoms with van der Waals surface area (Å²) < 4.78 is 1.66. The molecule has 0 saturated heterocycles. The van der Waals surface area contributed by atoms with E-state index in [1.165, 1.54) is 0 Å². The number of aryl methyl sites for hydroxylation is 1. The SMILES string of the molecule is Cn1ccc(-c2nc(Cl)c(-c3ccc(Cl)cc3)c(Cl)n2)n1. The van der Waals surface area contributed by atoms with Crippen LogP contribution in [0.15, 0.2) is 36.5 Å². The highest BCUT2D eigenvalue weighted by Crippen LogP contribution is 2.34. The van der Waals surface area contributed by atoms with E-state index >= 15 is 0 Å². The van der Waals surface area contributed by atoms with Gasteiger partial charge in [0.2, 0.25) is 0 Å². The summed E-state index contributed by atoms with van der Waals surface area (Å²) in [7, 11) is 1.81. The number of benzene rings is 1. The van der Waals surface area contributed by atoms with Gasteiger partial charge in [0.25, 0.3) is 0 Å².